The predicted molar refractivity (Wildman–Crippen MR) is 76.9 cm³/mol. The predicted octanol–water partition coefficient (Wildman–Crippen LogP) is 2.83. The molecule has 0 unspecified atom stereocenters. The molecule has 1 aliphatic rings. The van der Waals surface area contributed by atoms with Crippen LogP contribution in [0.15, 0.2) is 24.3 Å². The third-order valence-electron chi connectivity index (χ3n) is 3.31. The van der Waals surface area contributed by atoms with E-state index in [0.29, 0.717) is 5.28 Å². The number of benzene rings is 1. The Bertz CT molecular complexity index is 612. The molecule has 3 rings (SSSR count). The van der Waals surface area contributed by atoms with Gasteiger partial charge in [0.2, 0.25) is 5.28 Å². The minimum atomic E-state index is 0.290. The molecule has 0 saturated heterocycles. The van der Waals surface area contributed by atoms with Gasteiger partial charge in [-0.05, 0) is 43.1 Å². The van der Waals surface area contributed by atoms with Crippen LogP contribution in [0.2, 0.25) is 5.28 Å². The standard InChI is InChI=1S/C14H15ClN4/c1-9-4-2-3-5-11(9)17-13-10-6-7-16-8-12(10)18-14(15)19-13/h2-5,16H,6-8H2,1H3,(H,17,18,19). The lowest BCUT2D eigenvalue weighted by molar-refractivity contribution is 0.625. The first-order valence-electron chi connectivity index (χ1n) is 6.32. The molecule has 2 heterocycles. The molecule has 5 heteroatoms. The fourth-order valence-electron chi connectivity index (χ4n) is 2.27. The third-order valence-corrected chi connectivity index (χ3v) is 3.48. The number of halogens is 1. The molecule has 4 nitrogen and oxygen atoms in total. The van der Waals surface area contributed by atoms with E-state index in [1.54, 1.807) is 0 Å². The molecule has 0 atom stereocenters. The second-order valence-electron chi connectivity index (χ2n) is 4.63. The fraction of sp³-hybridized carbons (Fsp3) is 0.286. The molecule has 1 aliphatic heterocycles. The Morgan fingerprint density at radius 3 is 2.95 bits per heavy atom. The summed E-state index contributed by atoms with van der Waals surface area (Å²) in [6, 6.07) is 8.14. The van der Waals surface area contributed by atoms with Gasteiger partial charge >= 0.3 is 0 Å². The number of hydrogen-bond acceptors (Lipinski definition) is 4. The summed E-state index contributed by atoms with van der Waals surface area (Å²) in [7, 11) is 0. The van der Waals surface area contributed by atoms with Gasteiger partial charge in [0.15, 0.2) is 0 Å². The summed E-state index contributed by atoms with van der Waals surface area (Å²) in [5, 5.41) is 6.96. The van der Waals surface area contributed by atoms with Gasteiger partial charge in [-0.2, -0.15) is 0 Å². The van der Waals surface area contributed by atoms with Crippen molar-refractivity contribution in [2.45, 2.75) is 19.9 Å². The zero-order valence-electron chi connectivity index (χ0n) is 10.7. The first-order chi connectivity index (χ1) is 9.24. The molecule has 0 amide bonds. The van der Waals surface area contributed by atoms with E-state index in [9.17, 15) is 0 Å². The first kappa shape index (κ1) is 12.4. The Morgan fingerprint density at radius 1 is 1.26 bits per heavy atom. The van der Waals surface area contributed by atoms with Gasteiger partial charge in [-0.15, -0.1) is 0 Å². The van der Waals surface area contributed by atoms with Crippen molar-refractivity contribution in [1.82, 2.24) is 15.3 Å². The minimum absolute atomic E-state index is 0.290. The van der Waals surface area contributed by atoms with Gasteiger partial charge < -0.3 is 10.6 Å². The van der Waals surface area contributed by atoms with Gasteiger partial charge in [-0.3, -0.25) is 0 Å². The molecule has 0 radical (unpaired) electrons. The monoisotopic (exact) mass is 274 g/mol. The van der Waals surface area contributed by atoms with Gasteiger partial charge in [-0.1, -0.05) is 18.2 Å². The average molecular weight is 275 g/mol. The normalized spacial score (nSPS) is 14.0. The second kappa shape index (κ2) is 5.15. The molecule has 19 heavy (non-hydrogen) atoms. The topological polar surface area (TPSA) is 49.8 Å². The summed E-state index contributed by atoms with van der Waals surface area (Å²) in [5.41, 5.74) is 4.38. The van der Waals surface area contributed by atoms with Crippen molar-refractivity contribution >= 4 is 23.1 Å². The number of nitrogens with zero attached hydrogens (tertiary/aromatic N) is 2. The Labute approximate surface area is 117 Å². The summed E-state index contributed by atoms with van der Waals surface area (Å²) < 4.78 is 0. The second-order valence-corrected chi connectivity index (χ2v) is 4.97. The highest BCUT2D eigenvalue weighted by Gasteiger charge is 2.17. The maximum Gasteiger partial charge on any atom is 0.224 e. The molecule has 0 spiro atoms. The van der Waals surface area contributed by atoms with Gasteiger partial charge in [-0.25, -0.2) is 9.97 Å². The van der Waals surface area contributed by atoms with Gasteiger partial charge in [0.1, 0.15) is 5.82 Å². The number of aryl methyl sites for hydroxylation is 1. The van der Waals surface area contributed by atoms with Crippen LogP contribution in [0, 0.1) is 6.92 Å². The number of anilines is 2. The van der Waals surface area contributed by atoms with E-state index in [0.717, 1.165) is 42.3 Å². The maximum absolute atomic E-state index is 6.00. The third kappa shape index (κ3) is 2.55. The smallest absolute Gasteiger partial charge is 0.224 e. The highest BCUT2D eigenvalue weighted by molar-refractivity contribution is 6.28. The molecule has 1 aromatic heterocycles. The molecule has 98 valence electrons. The molecule has 1 aromatic carbocycles. The molecule has 2 N–H and O–H groups in total. The molecular formula is C14H15ClN4. The van der Waals surface area contributed by atoms with Crippen LogP contribution in [-0.4, -0.2) is 16.5 Å². The summed E-state index contributed by atoms with van der Waals surface area (Å²) in [4.78, 5) is 8.63. The SMILES string of the molecule is Cc1ccccc1Nc1nc(Cl)nc2c1CCNC2. The average Bonchev–Trinajstić information content (AvgIpc) is 2.41. The lowest BCUT2D eigenvalue weighted by Crippen LogP contribution is -2.26. The van der Waals surface area contributed by atoms with E-state index in [1.807, 2.05) is 18.2 Å². The molecule has 0 fully saturated rings. The van der Waals surface area contributed by atoms with Crippen molar-refractivity contribution in [3.63, 3.8) is 0 Å². The van der Waals surface area contributed by atoms with Crippen molar-refractivity contribution in [2.75, 3.05) is 11.9 Å². The fourth-order valence-corrected chi connectivity index (χ4v) is 2.46. The Kier molecular flexibility index (Phi) is 3.36. The van der Waals surface area contributed by atoms with Crippen molar-refractivity contribution in [3.8, 4) is 0 Å². The molecular weight excluding hydrogens is 260 g/mol. The Hall–Kier alpha value is -1.65. The van der Waals surface area contributed by atoms with Crippen molar-refractivity contribution < 1.29 is 0 Å². The van der Waals surface area contributed by atoms with Crippen LogP contribution < -0.4 is 10.6 Å². The molecule has 0 bridgehead atoms. The number of rotatable bonds is 2. The van der Waals surface area contributed by atoms with Crippen molar-refractivity contribution in [1.29, 1.82) is 0 Å². The summed E-state index contributed by atoms with van der Waals surface area (Å²) in [6.07, 6.45) is 0.917. The lowest BCUT2D eigenvalue weighted by Gasteiger charge is -2.20. The van der Waals surface area contributed by atoms with Gasteiger partial charge in [0.05, 0.1) is 5.69 Å². The van der Waals surface area contributed by atoms with E-state index < -0.39 is 0 Å². The number of nitrogens with one attached hydrogen (secondary N) is 2. The quantitative estimate of drug-likeness (QED) is 0.827. The molecule has 0 saturated carbocycles. The molecule has 2 aromatic rings. The maximum atomic E-state index is 6.00. The highest BCUT2D eigenvalue weighted by atomic mass is 35.5. The largest absolute Gasteiger partial charge is 0.340 e. The summed E-state index contributed by atoms with van der Waals surface area (Å²) in [6.45, 7) is 3.76. The van der Waals surface area contributed by atoms with Crippen LogP contribution in [0.3, 0.4) is 0 Å². The van der Waals surface area contributed by atoms with Crippen LogP contribution in [0.25, 0.3) is 0 Å². The van der Waals surface area contributed by atoms with Crippen molar-refractivity contribution in [2.24, 2.45) is 0 Å². The first-order valence-corrected chi connectivity index (χ1v) is 6.70. The minimum Gasteiger partial charge on any atom is -0.340 e. The van der Waals surface area contributed by atoms with E-state index in [-0.39, 0.29) is 0 Å². The molecule has 0 aliphatic carbocycles. The number of fused-ring (bicyclic) bond motifs is 1. The zero-order valence-corrected chi connectivity index (χ0v) is 11.5. The number of aromatic nitrogens is 2. The van der Waals surface area contributed by atoms with E-state index in [4.69, 9.17) is 11.6 Å². The summed E-state index contributed by atoms with van der Waals surface area (Å²) in [5.74, 6) is 0.825. The number of para-hydroxylation sites is 1. The van der Waals surface area contributed by atoms with E-state index in [1.165, 1.54) is 5.56 Å². The van der Waals surface area contributed by atoms with Crippen molar-refractivity contribution in [3.05, 3.63) is 46.4 Å². The number of hydrogen-bond donors (Lipinski definition) is 2. The van der Waals surface area contributed by atoms with Crippen LogP contribution in [0.4, 0.5) is 11.5 Å². The highest BCUT2D eigenvalue weighted by Crippen LogP contribution is 2.26. The van der Waals surface area contributed by atoms with Crippen LogP contribution in [-0.2, 0) is 13.0 Å². The van der Waals surface area contributed by atoms with E-state index in [2.05, 4.69) is 33.6 Å². The summed E-state index contributed by atoms with van der Waals surface area (Å²) >= 11 is 6.00. The van der Waals surface area contributed by atoms with Gasteiger partial charge in [0.25, 0.3) is 0 Å². The lowest BCUT2D eigenvalue weighted by atomic mass is 10.1. The van der Waals surface area contributed by atoms with Crippen LogP contribution >= 0.6 is 11.6 Å². The van der Waals surface area contributed by atoms with Crippen LogP contribution in [0.1, 0.15) is 16.8 Å². The van der Waals surface area contributed by atoms with Gasteiger partial charge in [0, 0.05) is 17.8 Å². The zero-order chi connectivity index (χ0) is 13.2. The Morgan fingerprint density at radius 2 is 2.11 bits per heavy atom. The Balaban J connectivity index is 2.01. The van der Waals surface area contributed by atoms with E-state index >= 15 is 0 Å². The van der Waals surface area contributed by atoms with Crippen LogP contribution in [0.5, 0.6) is 0 Å².